The van der Waals surface area contributed by atoms with Crippen molar-refractivity contribution in [3.63, 3.8) is 0 Å². The summed E-state index contributed by atoms with van der Waals surface area (Å²) in [6.07, 6.45) is -1.33. The van der Waals surface area contributed by atoms with E-state index in [1.807, 2.05) is 0 Å². The van der Waals surface area contributed by atoms with E-state index in [4.69, 9.17) is 10.5 Å². The van der Waals surface area contributed by atoms with Crippen LogP contribution < -0.4 is 11.1 Å². The van der Waals surface area contributed by atoms with E-state index in [0.717, 1.165) is 0 Å². The van der Waals surface area contributed by atoms with Crippen LogP contribution >= 0.6 is 12.4 Å². The molecule has 0 heterocycles. The van der Waals surface area contributed by atoms with Crippen LogP contribution in [-0.2, 0) is 9.53 Å². The van der Waals surface area contributed by atoms with E-state index in [2.05, 4.69) is 5.32 Å². The van der Waals surface area contributed by atoms with Crippen LogP contribution in [-0.4, -0.2) is 37.3 Å². The quantitative estimate of drug-likeness (QED) is 0.694. The number of hydrogen-bond acceptors (Lipinski definition) is 4. The normalized spacial score (nSPS) is 13.2. The Hall–Kier alpha value is -1.21. The van der Waals surface area contributed by atoms with Crippen molar-refractivity contribution in [2.24, 2.45) is 5.73 Å². The molecule has 4 N–H and O–H groups in total. The molecule has 1 amide bonds. The fourth-order valence-electron chi connectivity index (χ4n) is 1.61. The zero-order valence-corrected chi connectivity index (χ0v) is 12.0. The molecule has 1 rings (SSSR count). The van der Waals surface area contributed by atoms with Gasteiger partial charge in [-0.3, -0.25) is 4.79 Å². The van der Waals surface area contributed by atoms with Crippen LogP contribution in [0, 0.1) is 5.82 Å². The van der Waals surface area contributed by atoms with Gasteiger partial charge in [0.1, 0.15) is 5.82 Å². The number of hydrogen-bond donors (Lipinski definition) is 3. The molecule has 0 spiro atoms. The van der Waals surface area contributed by atoms with E-state index >= 15 is 0 Å². The van der Waals surface area contributed by atoms with Crippen LogP contribution in [0.5, 0.6) is 0 Å². The first kappa shape index (κ1) is 18.8. The van der Waals surface area contributed by atoms with Gasteiger partial charge in [-0.2, -0.15) is 0 Å². The third kappa shape index (κ3) is 5.83. The molecular weight excluding hydrogens is 287 g/mol. The second-order valence-electron chi connectivity index (χ2n) is 4.14. The Morgan fingerprint density at radius 1 is 1.50 bits per heavy atom. The van der Waals surface area contributed by atoms with Crippen LogP contribution in [0.4, 0.5) is 4.39 Å². The van der Waals surface area contributed by atoms with Crippen LogP contribution in [0.25, 0.3) is 0 Å². The average molecular weight is 307 g/mol. The van der Waals surface area contributed by atoms with Crippen molar-refractivity contribution < 1.29 is 19.0 Å². The Balaban J connectivity index is 0.00000361. The number of benzene rings is 1. The highest BCUT2D eigenvalue weighted by Crippen LogP contribution is 2.15. The van der Waals surface area contributed by atoms with Gasteiger partial charge in [0.25, 0.3) is 0 Å². The number of aliphatic hydroxyl groups is 1. The summed E-state index contributed by atoms with van der Waals surface area (Å²) >= 11 is 0. The van der Waals surface area contributed by atoms with Crippen LogP contribution in [0.1, 0.15) is 18.1 Å². The molecule has 0 bridgehead atoms. The minimum atomic E-state index is -1.08. The first-order valence-electron chi connectivity index (χ1n) is 6.00. The maximum atomic E-state index is 13.4. The van der Waals surface area contributed by atoms with Crippen molar-refractivity contribution in [3.05, 3.63) is 35.6 Å². The molecule has 0 aliphatic rings. The molecule has 20 heavy (non-hydrogen) atoms. The Labute approximate surface area is 123 Å². The van der Waals surface area contributed by atoms with Crippen LogP contribution in [0.3, 0.4) is 0 Å². The lowest BCUT2D eigenvalue weighted by molar-refractivity contribution is -0.123. The number of nitrogens with one attached hydrogen (secondary N) is 1. The fourth-order valence-corrected chi connectivity index (χ4v) is 1.61. The topological polar surface area (TPSA) is 84.6 Å². The maximum Gasteiger partial charge on any atom is 0.222 e. The van der Waals surface area contributed by atoms with Gasteiger partial charge in [-0.05, 0) is 6.07 Å². The molecule has 2 atom stereocenters. The number of ether oxygens (including phenoxy) is 1. The molecule has 0 radical (unpaired) electrons. The molecule has 0 saturated carbocycles. The summed E-state index contributed by atoms with van der Waals surface area (Å²) in [6, 6.07) is 5.90. The number of nitrogens with two attached hydrogens (primary N) is 1. The second-order valence-corrected chi connectivity index (χ2v) is 4.14. The molecule has 114 valence electrons. The van der Waals surface area contributed by atoms with Gasteiger partial charge in [-0.25, -0.2) is 4.39 Å². The van der Waals surface area contributed by atoms with Crippen molar-refractivity contribution >= 4 is 18.3 Å². The molecule has 1 aromatic carbocycles. The van der Waals surface area contributed by atoms with Gasteiger partial charge in [0.15, 0.2) is 0 Å². The molecule has 1 aromatic rings. The Morgan fingerprint density at radius 2 is 2.15 bits per heavy atom. The molecule has 0 aromatic heterocycles. The van der Waals surface area contributed by atoms with Gasteiger partial charge in [-0.1, -0.05) is 18.2 Å². The van der Waals surface area contributed by atoms with Crippen LogP contribution in [0.2, 0.25) is 0 Å². The van der Waals surface area contributed by atoms with E-state index in [-0.39, 0.29) is 49.5 Å². The van der Waals surface area contributed by atoms with Crippen molar-refractivity contribution in [1.82, 2.24) is 5.32 Å². The largest absolute Gasteiger partial charge is 0.386 e. The predicted octanol–water partition coefficient (Wildman–Crippen LogP) is 0.761. The van der Waals surface area contributed by atoms with Gasteiger partial charge in [-0.15, -0.1) is 12.4 Å². The van der Waals surface area contributed by atoms with Gasteiger partial charge >= 0.3 is 0 Å². The van der Waals surface area contributed by atoms with Crippen molar-refractivity contribution in [3.8, 4) is 0 Å². The summed E-state index contributed by atoms with van der Waals surface area (Å²) in [4.78, 5) is 11.5. The number of amides is 1. The highest BCUT2D eigenvalue weighted by molar-refractivity contribution is 5.85. The van der Waals surface area contributed by atoms with Crippen molar-refractivity contribution in [2.45, 2.75) is 18.6 Å². The Morgan fingerprint density at radius 3 is 2.70 bits per heavy atom. The first-order chi connectivity index (χ1) is 9.08. The predicted molar refractivity (Wildman–Crippen MR) is 76.1 cm³/mol. The Kier molecular flexibility index (Phi) is 9.07. The lowest BCUT2D eigenvalue weighted by Gasteiger charge is -2.15. The molecule has 2 unspecified atom stereocenters. The zero-order chi connectivity index (χ0) is 14.3. The molecule has 5 nitrogen and oxygen atoms in total. The number of rotatable bonds is 7. The minimum absolute atomic E-state index is 0. The highest BCUT2D eigenvalue weighted by Gasteiger charge is 2.15. The smallest absolute Gasteiger partial charge is 0.222 e. The fraction of sp³-hybridized carbons (Fsp3) is 0.462. The summed E-state index contributed by atoms with van der Waals surface area (Å²) in [5.41, 5.74) is 5.55. The van der Waals surface area contributed by atoms with Crippen molar-refractivity contribution in [2.75, 3.05) is 20.2 Å². The molecule has 0 saturated heterocycles. The number of carbonyl (C=O) groups is 1. The van der Waals surface area contributed by atoms with Gasteiger partial charge in [0.05, 0.1) is 18.6 Å². The van der Waals surface area contributed by atoms with Gasteiger partial charge < -0.3 is 20.9 Å². The minimum Gasteiger partial charge on any atom is -0.386 e. The number of halogens is 2. The van der Waals surface area contributed by atoms with E-state index in [1.165, 1.54) is 25.3 Å². The summed E-state index contributed by atoms with van der Waals surface area (Å²) in [6.45, 7) is 0.181. The maximum absolute atomic E-state index is 13.4. The molecule has 0 fully saturated rings. The molecule has 0 aliphatic carbocycles. The van der Waals surface area contributed by atoms with E-state index in [1.54, 1.807) is 6.07 Å². The summed E-state index contributed by atoms with van der Waals surface area (Å²) < 4.78 is 18.3. The van der Waals surface area contributed by atoms with E-state index in [9.17, 15) is 14.3 Å². The third-order valence-electron chi connectivity index (χ3n) is 2.77. The highest BCUT2D eigenvalue weighted by atomic mass is 35.5. The number of carbonyl (C=O) groups excluding carboxylic acids is 1. The molecular formula is C13H20ClFN2O3. The third-order valence-corrected chi connectivity index (χ3v) is 2.77. The monoisotopic (exact) mass is 306 g/mol. The van der Waals surface area contributed by atoms with E-state index in [0.29, 0.717) is 0 Å². The lowest BCUT2D eigenvalue weighted by Crippen LogP contribution is -2.34. The zero-order valence-electron chi connectivity index (χ0n) is 11.2. The van der Waals surface area contributed by atoms with E-state index < -0.39 is 11.9 Å². The SMILES string of the molecule is COC(CN)CC(=O)NCC(O)c1ccccc1F.Cl. The summed E-state index contributed by atoms with van der Waals surface area (Å²) in [5, 5.41) is 12.3. The lowest BCUT2D eigenvalue weighted by atomic mass is 10.1. The van der Waals surface area contributed by atoms with Crippen LogP contribution in [0.15, 0.2) is 24.3 Å². The molecule has 7 heteroatoms. The first-order valence-corrected chi connectivity index (χ1v) is 6.00. The van der Waals surface area contributed by atoms with Gasteiger partial charge in [0, 0.05) is 25.8 Å². The Bertz CT molecular complexity index is 416. The van der Waals surface area contributed by atoms with Crippen molar-refractivity contribution in [1.29, 1.82) is 0 Å². The number of aliphatic hydroxyl groups excluding tert-OH is 1. The second kappa shape index (κ2) is 9.66. The standard InChI is InChI=1S/C13H19FN2O3.ClH/c1-19-9(7-15)6-13(18)16-8-12(17)10-4-2-3-5-11(10)14;/h2-5,9,12,17H,6-8,15H2,1H3,(H,16,18);1H. The van der Waals surface area contributed by atoms with Gasteiger partial charge in [0.2, 0.25) is 5.91 Å². The summed E-state index contributed by atoms with van der Waals surface area (Å²) in [5.74, 6) is -0.798. The molecule has 0 aliphatic heterocycles. The average Bonchev–Trinajstić information content (AvgIpc) is 2.42. The number of methoxy groups -OCH3 is 1. The summed E-state index contributed by atoms with van der Waals surface area (Å²) in [7, 11) is 1.47.